The number of H-pyrrole nitrogens is 1. The molecule has 1 unspecified atom stereocenters. The molecule has 4 N–H and O–H groups in total. The number of hydrogen-bond acceptors (Lipinski definition) is 8. The molecular weight excluding hydrogens is 467 g/mol. The molecule has 0 amide bonds. The molecule has 1 aromatic heterocycles. The fourth-order valence-corrected chi connectivity index (χ4v) is 4.61. The van der Waals surface area contributed by atoms with E-state index in [1.165, 1.54) is 25.1 Å². The molecule has 3 rings (SSSR count). The average Bonchev–Trinajstić information content (AvgIpc) is 3.18. The molecule has 0 aliphatic heterocycles. The Morgan fingerprint density at radius 3 is 2.48 bits per heavy atom. The van der Waals surface area contributed by atoms with Crippen LogP contribution in [0.25, 0.3) is 0 Å². The largest absolute Gasteiger partial charge is 0.465 e. The van der Waals surface area contributed by atoms with E-state index in [1.54, 1.807) is 6.92 Å². The van der Waals surface area contributed by atoms with Crippen LogP contribution < -0.4 is 10.5 Å². The lowest BCUT2D eigenvalue weighted by molar-refractivity contribution is 0.0589. The van der Waals surface area contributed by atoms with E-state index in [2.05, 4.69) is 14.6 Å². The molecule has 1 heterocycles. The topological polar surface area (TPSA) is 138 Å². The number of aryl methyl sites for hydroxylation is 1. The first-order chi connectivity index (χ1) is 15.5. The summed E-state index contributed by atoms with van der Waals surface area (Å²) in [6, 6.07) is 4.26. The summed E-state index contributed by atoms with van der Waals surface area (Å²) in [5.41, 5.74) is -0.319. The number of ether oxygens (including phenoxy) is 1. The van der Waals surface area contributed by atoms with Gasteiger partial charge in [-0.25, -0.2) is 32.6 Å². The zero-order valence-electron chi connectivity index (χ0n) is 17.6. The molecule has 2 atom stereocenters. The highest BCUT2D eigenvalue weighted by Gasteiger charge is 2.35. The first-order valence-corrected chi connectivity index (χ1v) is 10.9. The Bertz CT molecular complexity index is 1250. The summed E-state index contributed by atoms with van der Waals surface area (Å²) in [5, 5.41) is 5.67. The number of rotatable bonds is 7. The SMILES string of the molecule is COC(=O)c1c(F)ccc(S(O)(O)N[C@H](c2n[nH]c(=O)o2)C(C)c2cc(C)ccc2F)c1F. The average molecular weight is 487 g/mol. The third-order valence-corrected chi connectivity index (χ3v) is 6.42. The van der Waals surface area contributed by atoms with Gasteiger partial charge in [0.1, 0.15) is 28.1 Å². The summed E-state index contributed by atoms with van der Waals surface area (Å²) in [6.45, 7) is 3.20. The Labute approximate surface area is 187 Å². The number of hydrogen-bond donors (Lipinski definition) is 4. The first-order valence-electron chi connectivity index (χ1n) is 9.39. The number of halogens is 3. The molecule has 0 saturated carbocycles. The Morgan fingerprint density at radius 1 is 1.21 bits per heavy atom. The van der Waals surface area contributed by atoms with Gasteiger partial charge in [-0.2, -0.15) is 0 Å². The lowest BCUT2D eigenvalue weighted by atomic mass is 9.92. The molecule has 0 bridgehead atoms. The van der Waals surface area contributed by atoms with Crippen LogP contribution in [0.5, 0.6) is 0 Å². The summed E-state index contributed by atoms with van der Waals surface area (Å²) in [4.78, 5) is 22.4. The smallest absolute Gasteiger partial charge is 0.434 e. The fraction of sp³-hybridized carbons (Fsp3) is 0.250. The highest BCUT2D eigenvalue weighted by atomic mass is 32.3. The normalized spacial score (nSPS) is 14.1. The van der Waals surface area contributed by atoms with Gasteiger partial charge in [-0.15, -0.1) is 15.9 Å². The van der Waals surface area contributed by atoms with Crippen molar-refractivity contribution in [2.24, 2.45) is 0 Å². The van der Waals surface area contributed by atoms with Gasteiger partial charge in [0, 0.05) is 5.92 Å². The summed E-state index contributed by atoms with van der Waals surface area (Å²) >= 11 is 0. The van der Waals surface area contributed by atoms with Crippen molar-refractivity contribution < 1.29 is 36.2 Å². The number of benzene rings is 2. The molecule has 33 heavy (non-hydrogen) atoms. The van der Waals surface area contributed by atoms with Crippen molar-refractivity contribution in [2.75, 3.05) is 7.11 Å². The Hall–Kier alpha value is -3.13. The summed E-state index contributed by atoms with van der Waals surface area (Å²) in [6.07, 6.45) is 0. The molecule has 0 spiro atoms. The van der Waals surface area contributed by atoms with Crippen molar-refractivity contribution in [1.29, 1.82) is 0 Å². The van der Waals surface area contributed by atoms with Crippen molar-refractivity contribution in [1.82, 2.24) is 14.9 Å². The number of methoxy groups -OCH3 is 1. The van der Waals surface area contributed by atoms with Crippen LogP contribution in [0.1, 0.15) is 46.3 Å². The Kier molecular flexibility index (Phi) is 6.97. The highest BCUT2D eigenvalue weighted by molar-refractivity contribution is 8.22. The minimum atomic E-state index is -4.32. The molecule has 13 heteroatoms. The predicted molar refractivity (Wildman–Crippen MR) is 111 cm³/mol. The third kappa shape index (κ3) is 4.95. The van der Waals surface area contributed by atoms with Gasteiger partial charge in [-0.05, 0) is 30.7 Å². The second-order valence-electron chi connectivity index (χ2n) is 7.14. The summed E-state index contributed by atoms with van der Waals surface area (Å²) in [7, 11) is -3.42. The van der Waals surface area contributed by atoms with E-state index in [1.807, 2.05) is 5.10 Å². The molecular formula is C20H20F3N3O6S. The first kappa shape index (κ1) is 24.5. The van der Waals surface area contributed by atoms with Crippen LogP contribution in [-0.4, -0.2) is 32.4 Å². The lowest BCUT2D eigenvalue weighted by Gasteiger charge is -2.38. The van der Waals surface area contributed by atoms with Gasteiger partial charge in [0.05, 0.1) is 7.11 Å². The number of nitrogens with zero attached hydrogens (tertiary/aromatic N) is 1. The van der Waals surface area contributed by atoms with Crippen LogP contribution in [0, 0.1) is 24.4 Å². The minimum absolute atomic E-state index is 0.114. The van der Waals surface area contributed by atoms with Crippen molar-refractivity contribution in [3.63, 3.8) is 0 Å². The maximum absolute atomic E-state index is 14.9. The molecule has 2 aromatic carbocycles. The van der Waals surface area contributed by atoms with E-state index in [0.717, 1.165) is 13.2 Å². The number of carbonyl (C=O) groups excluding carboxylic acids is 1. The van der Waals surface area contributed by atoms with Crippen LogP contribution in [-0.2, 0) is 4.74 Å². The van der Waals surface area contributed by atoms with Gasteiger partial charge >= 0.3 is 11.7 Å². The zero-order valence-corrected chi connectivity index (χ0v) is 18.4. The Balaban J connectivity index is 2.09. The van der Waals surface area contributed by atoms with Crippen molar-refractivity contribution in [2.45, 2.75) is 30.7 Å². The molecule has 0 fully saturated rings. The van der Waals surface area contributed by atoms with Crippen molar-refractivity contribution in [3.8, 4) is 0 Å². The molecule has 178 valence electrons. The van der Waals surface area contributed by atoms with Crippen molar-refractivity contribution >= 4 is 16.7 Å². The monoisotopic (exact) mass is 487 g/mol. The lowest BCUT2D eigenvalue weighted by Crippen LogP contribution is -2.31. The maximum atomic E-state index is 14.9. The highest BCUT2D eigenvalue weighted by Crippen LogP contribution is 2.50. The van der Waals surface area contributed by atoms with Gasteiger partial charge in [0.25, 0.3) is 0 Å². The third-order valence-electron chi connectivity index (χ3n) is 4.91. The second-order valence-corrected chi connectivity index (χ2v) is 8.91. The summed E-state index contributed by atoms with van der Waals surface area (Å²) in [5.74, 6) is -7.10. The van der Waals surface area contributed by atoms with E-state index in [4.69, 9.17) is 4.42 Å². The van der Waals surface area contributed by atoms with Gasteiger partial charge < -0.3 is 9.15 Å². The zero-order chi connectivity index (χ0) is 24.5. The molecule has 0 saturated heterocycles. The number of nitrogens with one attached hydrogen (secondary N) is 2. The van der Waals surface area contributed by atoms with E-state index in [0.29, 0.717) is 11.6 Å². The van der Waals surface area contributed by atoms with Crippen molar-refractivity contribution in [3.05, 3.63) is 80.9 Å². The standard InChI is InChI=1S/C20H20F3N3O6S/c1-9-4-5-12(21)11(8-9)10(2)17(18-24-25-20(28)32-18)26-33(29,30)14-7-6-13(22)15(16(14)23)19(27)31-3/h4-8,10,17,26,29-30H,1-3H3,(H,25,28)/t10?,17-/m0/s1. The van der Waals surface area contributed by atoms with Gasteiger partial charge in [0.2, 0.25) is 5.89 Å². The van der Waals surface area contributed by atoms with Gasteiger partial charge in [-0.3, -0.25) is 9.11 Å². The van der Waals surface area contributed by atoms with E-state index in [9.17, 15) is 31.9 Å². The van der Waals surface area contributed by atoms with Gasteiger partial charge in [-0.1, -0.05) is 24.6 Å². The molecule has 3 aromatic rings. The van der Waals surface area contributed by atoms with Crippen LogP contribution in [0.2, 0.25) is 0 Å². The van der Waals surface area contributed by atoms with Crippen LogP contribution in [0.3, 0.4) is 0 Å². The fourth-order valence-electron chi connectivity index (χ4n) is 3.22. The number of carbonyl (C=O) groups is 1. The number of aromatic amines is 1. The quantitative estimate of drug-likeness (QED) is 0.367. The van der Waals surface area contributed by atoms with E-state index in [-0.39, 0.29) is 11.5 Å². The minimum Gasteiger partial charge on any atom is -0.465 e. The predicted octanol–water partition coefficient (Wildman–Crippen LogP) is 4.03. The van der Waals surface area contributed by atoms with E-state index < -0.39 is 62.4 Å². The van der Waals surface area contributed by atoms with Crippen LogP contribution >= 0.6 is 10.8 Å². The molecule has 0 radical (unpaired) electrons. The molecule has 9 nitrogen and oxygen atoms in total. The number of esters is 1. The van der Waals surface area contributed by atoms with Crippen LogP contribution in [0.4, 0.5) is 13.2 Å². The maximum Gasteiger partial charge on any atom is 0.434 e. The second kappa shape index (κ2) is 9.39. The van der Waals surface area contributed by atoms with Gasteiger partial charge in [0.15, 0.2) is 5.82 Å². The molecule has 0 aliphatic carbocycles. The van der Waals surface area contributed by atoms with Crippen LogP contribution in [0.15, 0.2) is 44.4 Å². The summed E-state index contributed by atoms with van der Waals surface area (Å²) < 4.78 is 76.6. The molecule has 0 aliphatic rings. The Morgan fingerprint density at radius 2 is 1.88 bits per heavy atom. The number of aromatic nitrogens is 2. The van der Waals surface area contributed by atoms with E-state index >= 15 is 0 Å².